The highest BCUT2D eigenvalue weighted by atomic mass is 32.1. The molecule has 1 N–H and O–H groups in total. The van der Waals surface area contributed by atoms with E-state index >= 15 is 0 Å². The van der Waals surface area contributed by atoms with Gasteiger partial charge in [-0.2, -0.15) is 0 Å². The van der Waals surface area contributed by atoms with Gasteiger partial charge in [-0.3, -0.25) is 9.59 Å². The van der Waals surface area contributed by atoms with Crippen LogP contribution in [0.3, 0.4) is 0 Å². The Labute approximate surface area is 252 Å². The second-order valence-electron chi connectivity index (χ2n) is 10.9. The van der Waals surface area contributed by atoms with E-state index in [0.29, 0.717) is 10.8 Å². The molecular weight excluding hydrogens is 546 g/mol. The highest BCUT2D eigenvalue weighted by molar-refractivity contribution is 7.13. The third-order valence-corrected chi connectivity index (χ3v) is 8.50. The number of Topliss-reactive ketones (excluding diaryl/α,β-unsaturated/α-hetero) is 1. The van der Waals surface area contributed by atoms with Crippen LogP contribution in [0.5, 0.6) is 5.75 Å². The van der Waals surface area contributed by atoms with Crippen molar-refractivity contribution >= 4 is 23.1 Å². The number of carboxylic acids is 1. The topological polar surface area (TPSA) is 102 Å². The minimum atomic E-state index is -0.992. The summed E-state index contributed by atoms with van der Waals surface area (Å²) in [6.45, 7) is 7.03. The zero-order valence-corrected chi connectivity index (χ0v) is 25.4. The maximum atomic E-state index is 12.7. The third kappa shape index (κ3) is 8.79. The van der Waals surface area contributed by atoms with Crippen LogP contribution in [0.15, 0.2) is 67.1 Å². The van der Waals surface area contributed by atoms with Crippen LogP contribution in [0.4, 0.5) is 0 Å². The maximum Gasteiger partial charge on any atom is 0.307 e. The largest absolute Gasteiger partial charge is 0.494 e. The van der Waals surface area contributed by atoms with Crippen molar-refractivity contribution in [1.29, 1.82) is 0 Å². The zero-order chi connectivity index (χ0) is 29.9. The number of hydrogen-bond acceptors (Lipinski definition) is 7. The van der Waals surface area contributed by atoms with Gasteiger partial charge in [0.2, 0.25) is 0 Å². The molecule has 2 aromatic carbocycles. The summed E-state index contributed by atoms with van der Waals surface area (Å²) in [5.74, 6) is -0.321. The summed E-state index contributed by atoms with van der Waals surface area (Å²) in [5, 5.41) is 10.1. The van der Waals surface area contributed by atoms with Crippen molar-refractivity contribution in [2.75, 3.05) is 6.61 Å². The number of benzene rings is 2. The molecule has 220 valence electrons. The highest BCUT2D eigenvalue weighted by Crippen LogP contribution is 2.26. The molecule has 0 aliphatic carbocycles. The molecular formula is C34H39N3O4S. The number of thiazole rings is 1. The molecule has 4 rings (SSSR count). The lowest BCUT2D eigenvalue weighted by Crippen LogP contribution is -2.20. The Bertz CT molecular complexity index is 1430. The SMILES string of the molecule is CCCCCCCOc1ccc(-c2cnc(-c3ccc(C[C@H](CC(=O)c4ncc(C(C)C)s4)C(=O)O)cc3)nc2)cc1. The van der Waals surface area contributed by atoms with Gasteiger partial charge in [0.15, 0.2) is 16.6 Å². The lowest BCUT2D eigenvalue weighted by Gasteiger charge is -2.11. The van der Waals surface area contributed by atoms with E-state index in [-0.39, 0.29) is 24.5 Å². The molecule has 2 aromatic heterocycles. The van der Waals surface area contributed by atoms with Crippen molar-refractivity contribution in [3.8, 4) is 28.3 Å². The van der Waals surface area contributed by atoms with Gasteiger partial charge in [0.25, 0.3) is 0 Å². The van der Waals surface area contributed by atoms with Gasteiger partial charge >= 0.3 is 5.97 Å². The molecule has 0 saturated heterocycles. The molecule has 8 heteroatoms. The van der Waals surface area contributed by atoms with Gasteiger partial charge in [-0.05, 0) is 42.0 Å². The number of carbonyl (C=O) groups is 2. The van der Waals surface area contributed by atoms with Gasteiger partial charge in [-0.15, -0.1) is 11.3 Å². The Morgan fingerprint density at radius 2 is 1.50 bits per heavy atom. The standard InChI is InChI=1S/C34H39N3O4S/c1-4-5-6-7-8-17-41-29-15-13-25(14-16-29)28-20-35-32(36-21-28)26-11-9-24(10-12-26)18-27(34(39)40)19-30(38)33-37-22-31(42-33)23(2)3/h9-16,20-23,27H,4-8,17-19H2,1-3H3,(H,39,40)/t27-/m1/s1. The van der Waals surface area contributed by atoms with Crippen molar-refractivity contribution in [3.05, 3.63) is 82.6 Å². The number of nitrogens with zero attached hydrogens (tertiary/aromatic N) is 3. The summed E-state index contributed by atoms with van der Waals surface area (Å²) < 4.78 is 5.87. The first-order chi connectivity index (χ1) is 20.3. The van der Waals surface area contributed by atoms with Gasteiger partial charge in [0.05, 0.1) is 12.5 Å². The molecule has 2 heterocycles. The van der Waals surface area contributed by atoms with Crippen LogP contribution < -0.4 is 4.74 Å². The summed E-state index contributed by atoms with van der Waals surface area (Å²) in [4.78, 5) is 39.0. The predicted octanol–water partition coefficient (Wildman–Crippen LogP) is 8.26. The van der Waals surface area contributed by atoms with Crippen molar-refractivity contribution in [2.24, 2.45) is 5.92 Å². The monoisotopic (exact) mass is 585 g/mol. The molecule has 0 radical (unpaired) electrons. The van der Waals surface area contributed by atoms with Crippen LogP contribution in [0.2, 0.25) is 0 Å². The number of unbranched alkanes of at least 4 members (excludes halogenated alkanes) is 4. The van der Waals surface area contributed by atoms with Crippen molar-refractivity contribution in [3.63, 3.8) is 0 Å². The molecule has 0 fully saturated rings. The Hall–Kier alpha value is -3.91. The molecule has 0 saturated carbocycles. The Balaban J connectivity index is 1.32. The highest BCUT2D eigenvalue weighted by Gasteiger charge is 2.24. The maximum absolute atomic E-state index is 12.7. The summed E-state index contributed by atoms with van der Waals surface area (Å²) in [5.41, 5.74) is 3.59. The van der Waals surface area contributed by atoms with E-state index in [9.17, 15) is 14.7 Å². The van der Waals surface area contributed by atoms with E-state index < -0.39 is 11.9 Å². The van der Waals surface area contributed by atoms with Crippen molar-refractivity contribution in [2.45, 2.75) is 71.6 Å². The van der Waals surface area contributed by atoms with Crippen LogP contribution >= 0.6 is 11.3 Å². The lowest BCUT2D eigenvalue weighted by atomic mass is 9.94. The predicted molar refractivity (Wildman–Crippen MR) is 167 cm³/mol. The molecule has 42 heavy (non-hydrogen) atoms. The van der Waals surface area contributed by atoms with Crippen LogP contribution in [-0.2, 0) is 11.2 Å². The molecule has 4 aromatic rings. The van der Waals surface area contributed by atoms with Crippen molar-refractivity contribution < 1.29 is 19.4 Å². The number of carbonyl (C=O) groups excluding carboxylic acids is 1. The molecule has 0 bridgehead atoms. The zero-order valence-electron chi connectivity index (χ0n) is 24.6. The van der Waals surface area contributed by atoms with E-state index in [0.717, 1.165) is 45.9 Å². The molecule has 7 nitrogen and oxygen atoms in total. The number of hydrogen-bond donors (Lipinski definition) is 1. The Morgan fingerprint density at radius 1 is 0.833 bits per heavy atom. The quantitative estimate of drug-likeness (QED) is 0.104. The van der Waals surface area contributed by atoms with Gasteiger partial charge in [0, 0.05) is 41.0 Å². The fraction of sp³-hybridized carbons (Fsp3) is 0.382. The van der Waals surface area contributed by atoms with E-state index in [1.54, 1.807) is 18.6 Å². The lowest BCUT2D eigenvalue weighted by molar-refractivity contribution is -0.141. The summed E-state index contributed by atoms with van der Waals surface area (Å²) in [7, 11) is 0. The van der Waals surface area contributed by atoms with Crippen LogP contribution in [0.1, 0.15) is 85.5 Å². The summed E-state index contributed by atoms with van der Waals surface area (Å²) in [6.07, 6.45) is 11.5. The molecule has 0 aliphatic heterocycles. The van der Waals surface area contributed by atoms with E-state index in [1.807, 2.05) is 62.4 Å². The van der Waals surface area contributed by atoms with Gasteiger partial charge in [-0.1, -0.05) is 82.9 Å². The first kappa shape index (κ1) is 31.0. The summed E-state index contributed by atoms with van der Waals surface area (Å²) in [6, 6.07) is 15.5. The fourth-order valence-electron chi connectivity index (χ4n) is 4.58. The number of aliphatic carboxylic acids is 1. The average molecular weight is 586 g/mol. The summed E-state index contributed by atoms with van der Waals surface area (Å²) >= 11 is 1.34. The Kier molecular flexibility index (Phi) is 11.3. The number of ketones is 1. The number of carboxylic acid groups (broad SMARTS) is 1. The smallest absolute Gasteiger partial charge is 0.307 e. The second-order valence-corrected chi connectivity index (χ2v) is 11.9. The van der Waals surface area contributed by atoms with Crippen LogP contribution in [0.25, 0.3) is 22.5 Å². The molecule has 0 amide bonds. The number of rotatable bonds is 16. The average Bonchev–Trinajstić information content (AvgIpc) is 3.51. The number of aromatic nitrogens is 3. The first-order valence-corrected chi connectivity index (χ1v) is 15.5. The molecule has 0 spiro atoms. The minimum Gasteiger partial charge on any atom is -0.494 e. The van der Waals surface area contributed by atoms with E-state index in [2.05, 4.69) is 21.9 Å². The molecule has 0 aliphatic rings. The number of ether oxygens (including phenoxy) is 1. The fourth-order valence-corrected chi connectivity index (χ4v) is 5.45. The van der Waals surface area contributed by atoms with Gasteiger partial charge in [0.1, 0.15) is 5.75 Å². The normalized spacial score (nSPS) is 11.9. The van der Waals surface area contributed by atoms with E-state index in [1.165, 1.54) is 37.0 Å². The Morgan fingerprint density at radius 3 is 2.12 bits per heavy atom. The third-order valence-electron chi connectivity index (χ3n) is 7.16. The molecule has 0 unspecified atom stereocenters. The first-order valence-electron chi connectivity index (χ1n) is 14.7. The van der Waals surface area contributed by atoms with Gasteiger partial charge < -0.3 is 9.84 Å². The van der Waals surface area contributed by atoms with Crippen LogP contribution in [-0.4, -0.2) is 38.4 Å². The van der Waals surface area contributed by atoms with E-state index in [4.69, 9.17) is 4.74 Å². The minimum absolute atomic E-state index is 0.0845. The second kappa shape index (κ2) is 15.4. The van der Waals surface area contributed by atoms with Gasteiger partial charge in [-0.25, -0.2) is 15.0 Å². The molecule has 1 atom stereocenters. The van der Waals surface area contributed by atoms with Crippen LogP contribution in [0, 0.1) is 5.92 Å². The van der Waals surface area contributed by atoms with Crippen molar-refractivity contribution in [1.82, 2.24) is 15.0 Å².